The molecule has 0 amide bonds. The van der Waals surface area contributed by atoms with Gasteiger partial charge in [0.2, 0.25) is 0 Å². The Hall–Kier alpha value is -0.660. The van der Waals surface area contributed by atoms with Gasteiger partial charge in [-0.2, -0.15) is 0 Å². The summed E-state index contributed by atoms with van der Waals surface area (Å²) in [6, 6.07) is 0. The van der Waals surface area contributed by atoms with Gasteiger partial charge in [-0.1, -0.05) is 13.8 Å². The zero-order valence-electron chi connectivity index (χ0n) is 10.8. The molecule has 8 heteroatoms. The fourth-order valence-corrected chi connectivity index (χ4v) is 2.46. The van der Waals surface area contributed by atoms with Crippen molar-refractivity contribution in [2.75, 3.05) is 13.2 Å². The second-order valence-corrected chi connectivity index (χ2v) is 6.75. The minimum absolute atomic E-state index is 0.190. The normalized spacial score (nSPS) is 12.3. The standard InChI is InChI=1S/C10H18ClN3O3S/c1-4-17-6-5-9-12-13-10(18(11,15)16)14(9)7-8(2)3/h8H,4-7H2,1-3H3. The van der Waals surface area contributed by atoms with Crippen molar-refractivity contribution in [3.8, 4) is 0 Å². The third-order valence-corrected chi connectivity index (χ3v) is 3.39. The first-order chi connectivity index (χ1) is 8.36. The lowest BCUT2D eigenvalue weighted by atomic mass is 10.2. The molecule has 0 aliphatic rings. The maximum atomic E-state index is 11.4. The molecule has 0 bridgehead atoms. The second-order valence-electron chi connectivity index (χ2n) is 4.29. The van der Waals surface area contributed by atoms with Crippen molar-refractivity contribution in [2.24, 2.45) is 5.92 Å². The number of ether oxygens (including phenoxy) is 1. The van der Waals surface area contributed by atoms with E-state index in [-0.39, 0.29) is 11.1 Å². The van der Waals surface area contributed by atoms with Gasteiger partial charge in [0, 0.05) is 30.3 Å². The molecule has 18 heavy (non-hydrogen) atoms. The molecule has 1 heterocycles. The van der Waals surface area contributed by atoms with Crippen LogP contribution in [0.5, 0.6) is 0 Å². The summed E-state index contributed by atoms with van der Waals surface area (Å²) >= 11 is 0. The summed E-state index contributed by atoms with van der Waals surface area (Å²) in [5, 5.41) is 7.34. The van der Waals surface area contributed by atoms with Crippen LogP contribution in [0.3, 0.4) is 0 Å². The smallest absolute Gasteiger partial charge is 0.296 e. The Morgan fingerprint density at radius 2 is 2.06 bits per heavy atom. The van der Waals surface area contributed by atoms with Crippen LogP contribution in [0, 0.1) is 5.92 Å². The van der Waals surface area contributed by atoms with Crippen molar-refractivity contribution in [2.45, 2.75) is 38.9 Å². The Morgan fingerprint density at radius 1 is 1.39 bits per heavy atom. The zero-order chi connectivity index (χ0) is 13.8. The van der Waals surface area contributed by atoms with Gasteiger partial charge in [-0.15, -0.1) is 10.2 Å². The van der Waals surface area contributed by atoms with Crippen LogP contribution >= 0.6 is 10.7 Å². The zero-order valence-corrected chi connectivity index (χ0v) is 12.3. The van der Waals surface area contributed by atoms with Gasteiger partial charge in [-0.05, 0) is 12.8 Å². The van der Waals surface area contributed by atoms with Crippen molar-refractivity contribution < 1.29 is 13.2 Å². The molecular weight excluding hydrogens is 278 g/mol. The van der Waals surface area contributed by atoms with Crippen LogP contribution in [0.15, 0.2) is 5.16 Å². The first-order valence-corrected chi connectivity index (χ1v) is 8.11. The van der Waals surface area contributed by atoms with E-state index in [0.717, 1.165) is 0 Å². The van der Waals surface area contributed by atoms with Gasteiger partial charge < -0.3 is 9.30 Å². The highest BCUT2D eigenvalue weighted by Crippen LogP contribution is 2.16. The van der Waals surface area contributed by atoms with Crippen molar-refractivity contribution >= 4 is 19.7 Å². The van der Waals surface area contributed by atoms with Crippen LogP contribution in [0.2, 0.25) is 0 Å². The number of hydrogen-bond acceptors (Lipinski definition) is 5. The quantitative estimate of drug-likeness (QED) is 0.562. The van der Waals surface area contributed by atoms with E-state index >= 15 is 0 Å². The van der Waals surface area contributed by atoms with E-state index in [9.17, 15) is 8.42 Å². The van der Waals surface area contributed by atoms with Gasteiger partial charge >= 0.3 is 0 Å². The SMILES string of the molecule is CCOCCc1nnc(S(=O)(=O)Cl)n1CC(C)C. The Balaban J connectivity index is 3.00. The Kier molecular flexibility index (Phi) is 5.55. The topological polar surface area (TPSA) is 74.1 Å². The maximum absolute atomic E-state index is 11.4. The molecule has 0 aliphatic heterocycles. The van der Waals surface area contributed by atoms with Crippen LogP contribution < -0.4 is 0 Å². The lowest BCUT2D eigenvalue weighted by Crippen LogP contribution is -2.14. The minimum atomic E-state index is -3.87. The molecular formula is C10H18ClN3O3S. The fourth-order valence-electron chi connectivity index (χ4n) is 1.54. The van der Waals surface area contributed by atoms with E-state index in [4.69, 9.17) is 15.4 Å². The average molecular weight is 296 g/mol. The number of aromatic nitrogens is 3. The monoisotopic (exact) mass is 295 g/mol. The third kappa shape index (κ3) is 4.22. The predicted octanol–water partition coefficient (Wildman–Crippen LogP) is 1.44. The summed E-state index contributed by atoms with van der Waals surface area (Å²) in [6.07, 6.45) is 0.514. The molecule has 6 nitrogen and oxygen atoms in total. The molecule has 104 valence electrons. The van der Waals surface area contributed by atoms with Gasteiger partial charge in [0.25, 0.3) is 14.2 Å². The van der Waals surface area contributed by atoms with Crippen LogP contribution in [0.4, 0.5) is 0 Å². The molecule has 0 atom stereocenters. The molecule has 0 saturated carbocycles. The van der Waals surface area contributed by atoms with E-state index in [1.165, 1.54) is 0 Å². The first-order valence-electron chi connectivity index (χ1n) is 5.80. The summed E-state index contributed by atoms with van der Waals surface area (Å²) in [5.41, 5.74) is 0. The molecule has 0 unspecified atom stereocenters. The number of rotatable bonds is 7. The molecule has 0 aliphatic carbocycles. The van der Waals surface area contributed by atoms with Crippen LogP contribution in [0.1, 0.15) is 26.6 Å². The Labute approximate surface area is 112 Å². The van der Waals surface area contributed by atoms with Crippen LogP contribution in [-0.2, 0) is 26.8 Å². The van der Waals surface area contributed by atoms with Crippen molar-refractivity contribution in [3.05, 3.63) is 5.82 Å². The van der Waals surface area contributed by atoms with E-state index in [2.05, 4.69) is 10.2 Å². The molecule has 0 saturated heterocycles. The summed E-state index contributed by atoms with van der Waals surface area (Å²) in [6.45, 7) is 7.46. The van der Waals surface area contributed by atoms with E-state index < -0.39 is 9.05 Å². The summed E-state index contributed by atoms with van der Waals surface area (Å²) in [4.78, 5) is 0. The second kappa shape index (κ2) is 6.49. The largest absolute Gasteiger partial charge is 0.381 e. The highest BCUT2D eigenvalue weighted by molar-refractivity contribution is 8.13. The highest BCUT2D eigenvalue weighted by Gasteiger charge is 2.22. The molecule has 1 rings (SSSR count). The van der Waals surface area contributed by atoms with Gasteiger partial charge in [0.15, 0.2) is 0 Å². The first kappa shape index (κ1) is 15.4. The highest BCUT2D eigenvalue weighted by atomic mass is 35.7. The lowest BCUT2D eigenvalue weighted by molar-refractivity contribution is 0.148. The predicted molar refractivity (Wildman–Crippen MR) is 68.1 cm³/mol. The molecule has 0 fully saturated rings. The number of nitrogens with zero attached hydrogens (tertiary/aromatic N) is 3. The molecule has 0 spiro atoms. The maximum Gasteiger partial charge on any atom is 0.296 e. The number of halogens is 1. The van der Waals surface area contributed by atoms with Crippen molar-refractivity contribution in [3.63, 3.8) is 0 Å². The fraction of sp³-hybridized carbons (Fsp3) is 0.800. The third-order valence-electron chi connectivity index (χ3n) is 2.23. The van der Waals surface area contributed by atoms with Gasteiger partial charge in [-0.3, -0.25) is 0 Å². The Morgan fingerprint density at radius 3 is 2.56 bits per heavy atom. The van der Waals surface area contributed by atoms with Crippen LogP contribution in [-0.4, -0.2) is 36.4 Å². The lowest BCUT2D eigenvalue weighted by Gasteiger charge is -2.11. The molecule has 0 radical (unpaired) electrons. The number of hydrogen-bond donors (Lipinski definition) is 0. The summed E-state index contributed by atoms with van der Waals surface area (Å²) < 4.78 is 29.6. The van der Waals surface area contributed by atoms with E-state index in [1.807, 2.05) is 20.8 Å². The minimum Gasteiger partial charge on any atom is -0.381 e. The average Bonchev–Trinajstić information content (AvgIpc) is 2.60. The molecule has 1 aromatic heterocycles. The van der Waals surface area contributed by atoms with Gasteiger partial charge in [-0.25, -0.2) is 8.42 Å². The van der Waals surface area contributed by atoms with E-state index in [0.29, 0.717) is 32.0 Å². The summed E-state index contributed by atoms with van der Waals surface area (Å²) in [5.74, 6) is 0.848. The summed E-state index contributed by atoms with van der Waals surface area (Å²) in [7, 11) is 1.47. The molecule has 1 aromatic rings. The molecule has 0 aromatic carbocycles. The van der Waals surface area contributed by atoms with Gasteiger partial charge in [0.1, 0.15) is 5.82 Å². The van der Waals surface area contributed by atoms with Crippen molar-refractivity contribution in [1.82, 2.24) is 14.8 Å². The molecule has 0 N–H and O–H groups in total. The van der Waals surface area contributed by atoms with Crippen LogP contribution in [0.25, 0.3) is 0 Å². The Bertz CT molecular complexity index is 485. The van der Waals surface area contributed by atoms with Crippen molar-refractivity contribution in [1.29, 1.82) is 0 Å². The van der Waals surface area contributed by atoms with E-state index in [1.54, 1.807) is 4.57 Å². The van der Waals surface area contributed by atoms with Gasteiger partial charge in [0.05, 0.1) is 6.61 Å².